The zero-order valence-electron chi connectivity index (χ0n) is 25.2. The zero-order valence-corrected chi connectivity index (χ0v) is 26.1. The molecule has 234 valence electrons. The summed E-state index contributed by atoms with van der Waals surface area (Å²) in [4.78, 5) is 21.3. The molecule has 3 aliphatic heterocycles. The maximum absolute atomic E-state index is 15.3. The Labute approximate surface area is 260 Å². The highest BCUT2D eigenvalue weighted by Gasteiger charge is 2.33. The van der Waals surface area contributed by atoms with Gasteiger partial charge in [-0.05, 0) is 86.9 Å². The fraction of sp³-hybridized carbons (Fsp3) is 0.529. The number of rotatable bonds is 10. The van der Waals surface area contributed by atoms with E-state index in [-0.39, 0.29) is 23.2 Å². The molecule has 2 aromatic carbocycles. The minimum absolute atomic E-state index is 0.0354. The van der Waals surface area contributed by atoms with Gasteiger partial charge in [-0.15, -0.1) is 0 Å². The lowest BCUT2D eigenvalue weighted by molar-refractivity contribution is -0.105. The molecule has 5 heterocycles. The summed E-state index contributed by atoms with van der Waals surface area (Å²) in [6.45, 7) is 7.43. The number of imidazole rings is 1. The van der Waals surface area contributed by atoms with Crippen LogP contribution in [0.1, 0.15) is 73.0 Å². The number of thiazole rings is 1. The molecule has 1 unspecified atom stereocenters. The number of alkyl halides is 1. The van der Waals surface area contributed by atoms with E-state index in [1.54, 1.807) is 12.1 Å². The molecule has 44 heavy (non-hydrogen) atoms. The number of ether oxygens (including phenoxy) is 2. The summed E-state index contributed by atoms with van der Waals surface area (Å²) in [5.74, 6) is -0.366. The number of aromatic nitrogens is 2. The second-order valence-electron chi connectivity index (χ2n) is 13.0. The van der Waals surface area contributed by atoms with Gasteiger partial charge in [0.2, 0.25) is 0 Å². The first-order valence-electron chi connectivity index (χ1n) is 15.9. The molecule has 3 fully saturated rings. The van der Waals surface area contributed by atoms with Gasteiger partial charge in [0.15, 0.2) is 4.96 Å². The van der Waals surface area contributed by atoms with Gasteiger partial charge in [0.25, 0.3) is 5.91 Å². The largest absolute Gasteiger partial charge is 0.380 e. The molecule has 10 heteroatoms. The van der Waals surface area contributed by atoms with Crippen LogP contribution in [-0.4, -0.2) is 72.4 Å². The molecule has 1 N–H and O–H groups in total. The average molecular weight is 623 g/mol. The van der Waals surface area contributed by atoms with Crippen LogP contribution < -0.4 is 5.32 Å². The molecule has 0 saturated carbocycles. The monoisotopic (exact) mass is 622 g/mol. The van der Waals surface area contributed by atoms with Gasteiger partial charge in [-0.1, -0.05) is 24.3 Å². The van der Waals surface area contributed by atoms with Gasteiger partial charge in [-0.25, -0.2) is 13.8 Å². The Kier molecular flexibility index (Phi) is 8.43. The lowest BCUT2D eigenvalue weighted by Gasteiger charge is -2.38. The molecule has 0 bridgehead atoms. The van der Waals surface area contributed by atoms with Gasteiger partial charge in [-0.3, -0.25) is 9.20 Å². The van der Waals surface area contributed by atoms with Crippen LogP contribution in [0.4, 0.5) is 8.78 Å². The number of amides is 1. The third kappa shape index (κ3) is 6.14. The molecule has 0 aliphatic carbocycles. The highest BCUT2D eigenvalue weighted by atomic mass is 32.1. The minimum atomic E-state index is -0.677. The first-order valence-corrected chi connectivity index (χ1v) is 16.8. The zero-order chi connectivity index (χ0) is 30.3. The first-order chi connectivity index (χ1) is 21.3. The standard InChI is InChI=1S/C34H40F2N4O3S/c1-34(20-42-21-34)10-7-22-17-29-31(18-26(22)32(41)37-11-3-12-39-13-8-24(35)9-14-39)44-33-38-28(19-40(29)33)25-6-5-23(16-27(25)36)30-4-2-15-43-30/h5-6,16-19,24,30H,2-4,7-15,20-21H2,1H3,(H,37,41). The molecule has 0 radical (unpaired) electrons. The molecule has 0 spiro atoms. The Balaban J connectivity index is 1.12. The maximum Gasteiger partial charge on any atom is 0.251 e. The van der Waals surface area contributed by atoms with Gasteiger partial charge in [0.05, 0.1) is 35.2 Å². The van der Waals surface area contributed by atoms with Crippen molar-refractivity contribution in [1.29, 1.82) is 0 Å². The van der Waals surface area contributed by atoms with Crippen molar-refractivity contribution in [2.24, 2.45) is 5.41 Å². The van der Waals surface area contributed by atoms with Crippen molar-refractivity contribution in [3.05, 3.63) is 59.0 Å². The normalized spacial score (nSPS) is 20.8. The number of hydrogen-bond acceptors (Lipinski definition) is 6. The first kappa shape index (κ1) is 29.8. The van der Waals surface area contributed by atoms with Crippen LogP contribution in [0.15, 0.2) is 36.5 Å². The Morgan fingerprint density at radius 3 is 2.75 bits per heavy atom. The number of likely N-dealkylation sites (tertiary alicyclic amines) is 1. The van der Waals surface area contributed by atoms with Crippen molar-refractivity contribution in [2.75, 3.05) is 46.0 Å². The minimum Gasteiger partial charge on any atom is -0.380 e. The summed E-state index contributed by atoms with van der Waals surface area (Å²) in [7, 11) is 0. The number of carbonyl (C=O) groups excluding carboxylic acids is 1. The predicted molar refractivity (Wildman–Crippen MR) is 169 cm³/mol. The summed E-state index contributed by atoms with van der Waals surface area (Å²) < 4.78 is 42.9. The fourth-order valence-electron chi connectivity index (χ4n) is 6.67. The summed E-state index contributed by atoms with van der Waals surface area (Å²) in [5.41, 5.74) is 4.72. The van der Waals surface area contributed by atoms with E-state index in [4.69, 9.17) is 14.5 Å². The van der Waals surface area contributed by atoms with E-state index in [0.717, 1.165) is 97.9 Å². The number of piperidine rings is 1. The van der Waals surface area contributed by atoms with E-state index >= 15 is 4.39 Å². The second-order valence-corrected chi connectivity index (χ2v) is 14.0. The molecule has 3 saturated heterocycles. The van der Waals surface area contributed by atoms with Gasteiger partial charge in [-0.2, -0.15) is 0 Å². The molecule has 3 aliphatic rings. The number of fused-ring (bicyclic) bond motifs is 3. The van der Waals surface area contributed by atoms with Crippen molar-refractivity contribution < 1.29 is 23.0 Å². The second kappa shape index (κ2) is 12.5. The molecule has 1 atom stereocenters. The number of nitrogens with one attached hydrogen (secondary N) is 1. The summed E-state index contributed by atoms with van der Waals surface area (Å²) in [6.07, 6.45) is 6.81. The average Bonchev–Trinajstić information content (AvgIpc) is 3.75. The van der Waals surface area contributed by atoms with E-state index in [1.165, 1.54) is 11.3 Å². The van der Waals surface area contributed by atoms with Crippen molar-refractivity contribution in [3.63, 3.8) is 0 Å². The third-order valence-electron chi connectivity index (χ3n) is 9.49. The molecule has 4 aromatic rings. The van der Waals surface area contributed by atoms with E-state index in [9.17, 15) is 9.18 Å². The highest BCUT2D eigenvalue weighted by Crippen LogP contribution is 2.37. The van der Waals surface area contributed by atoms with Crippen molar-refractivity contribution in [1.82, 2.24) is 19.6 Å². The SMILES string of the molecule is CC1(CCc2cc3c(cc2C(=O)NCCCN2CCC(F)CC2)sc2nc(-c4ccc(C5CCCO5)cc4F)cn23)COC1. The Morgan fingerprint density at radius 2 is 2.02 bits per heavy atom. The van der Waals surface area contributed by atoms with Crippen LogP contribution in [0.3, 0.4) is 0 Å². The van der Waals surface area contributed by atoms with Crippen LogP contribution >= 0.6 is 11.3 Å². The van der Waals surface area contributed by atoms with Crippen LogP contribution in [0, 0.1) is 11.2 Å². The summed E-state index contributed by atoms with van der Waals surface area (Å²) in [5, 5.41) is 3.13. The van der Waals surface area contributed by atoms with E-state index in [0.29, 0.717) is 36.2 Å². The molecule has 2 aromatic heterocycles. The Hall–Kier alpha value is -2.92. The van der Waals surface area contributed by atoms with Crippen LogP contribution in [-0.2, 0) is 15.9 Å². The van der Waals surface area contributed by atoms with Crippen LogP contribution in [0.2, 0.25) is 0 Å². The molecule has 7 nitrogen and oxygen atoms in total. The molecule has 7 rings (SSSR count). The smallest absolute Gasteiger partial charge is 0.251 e. The predicted octanol–water partition coefficient (Wildman–Crippen LogP) is 6.73. The Bertz CT molecular complexity index is 1650. The van der Waals surface area contributed by atoms with Crippen LogP contribution in [0.25, 0.3) is 26.4 Å². The summed E-state index contributed by atoms with van der Waals surface area (Å²) in [6, 6.07) is 9.43. The number of nitrogens with zero attached hydrogens (tertiary/aromatic N) is 3. The molecular formula is C34H40F2N4O3S. The lowest BCUT2D eigenvalue weighted by Crippen LogP contribution is -2.40. The topological polar surface area (TPSA) is 68.1 Å². The van der Waals surface area contributed by atoms with Crippen molar-refractivity contribution in [3.8, 4) is 11.3 Å². The summed E-state index contributed by atoms with van der Waals surface area (Å²) >= 11 is 1.51. The number of carbonyl (C=O) groups is 1. The van der Waals surface area contributed by atoms with Crippen molar-refractivity contribution in [2.45, 2.75) is 64.1 Å². The van der Waals surface area contributed by atoms with Gasteiger partial charge < -0.3 is 19.7 Å². The maximum atomic E-state index is 15.3. The quantitative estimate of drug-likeness (QED) is 0.199. The number of halogens is 2. The van der Waals surface area contributed by atoms with Gasteiger partial charge in [0, 0.05) is 49.0 Å². The third-order valence-corrected chi connectivity index (χ3v) is 10.5. The van der Waals surface area contributed by atoms with E-state index in [2.05, 4.69) is 23.2 Å². The van der Waals surface area contributed by atoms with Crippen molar-refractivity contribution >= 4 is 32.4 Å². The lowest BCUT2D eigenvalue weighted by atomic mass is 9.82. The number of benzene rings is 2. The number of hydrogen-bond donors (Lipinski definition) is 1. The molecule has 1 amide bonds. The number of aryl methyl sites for hydroxylation is 1. The highest BCUT2D eigenvalue weighted by molar-refractivity contribution is 7.23. The van der Waals surface area contributed by atoms with E-state index < -0.39 is 6.17 Å². The van der Waals surface area contributed by atoms with Gasteiger partial charge in [0.1, 0.15) is 12.0 Å². The van der Waals surface area contributed by atoms with Gasteiger partial charge >= 0.3 is 0 Å². The Morgan fingerprint density at radius 1 is 1.18 bits per heavy atom. The van der Waals surface area contributed by atoms with E-state index in [1.807, 2.05) is 22.7 Å². The fourth-order valence-corrected chi connectivity index (χ4v) is 7.70. The van der Waals surface area contributed by atoms with Crippen LogP contribution in [0.5, 0.6) is 0 Å². The molecular weight excluding hydrogens is 582 g/mol.